The lowest BCUT2D eigenvalue weighted by atomic mass is 10.5. The Morgan fingerprint density at radius 3 is 2.71 bits per heavy atom. The van der Waals surface area contributed by atoms with Crippen LogP contribution in [0.5, 0.6) is 0 Å². The molecule has 10 heteroatoms. The van der Waals surface area contributed by atoms with Gasteiger partial charge in [0.25, 0.3) is 0 Å². The van der Waals surface area contributed by atoms with Crippen molar-refractivity contribution in [3.8, 4) is 0 Å². The normalized spacial score (nSPS) is 12.6. The van der Waals surface area contributed by atoms with Crippen LogP contribution < -0.4 is 0 Å². The van der Waals surface area contributed by atoms with Crippen LogP contribution in [0.2, 0.25) is 0 Å². The molecule has 0 bridgehead atoms. The minimum atomic E-state index is -1.05. The first kappa shape index (κ1) is 12.4. The maximum atomic E-state index is 11.2. The first-order chi connectivity index (χ1) is 8.06. The molecule has 0 spiro atoms. The Hall–Kier alpha value is -1.10. The molecule has 0 radical (unpaired) electrons. The number of hydrogen-bond acceptors (Lipinski definition) is 8. The van der Waals surface area contributed by atoms with Gasteiger partial charge in [0, 0.05) is 0 Å². The zero-order valence-electron chi connectivity index (χ0n) is 8.52. The summed E-state index contributed by atoms with van der Waals surface area (Å²) in [6.07, 6.45) is 3.51. The van der Waals surface area contributed by atoms with Crippen molar-refractivity contribution in [2.45, 2.75) is 10.6 Å². The minimum Gasteiger partial charge on any atom is -0.611 e. The summed E-state index contributed by atoms with van der Waals surface area (Å²) in [5.41, 5.74) is 0. The van der Waals surface area contributed by atoms with E-state index in [0.717, 1.165) is 16.3 Å². The van der Waals surface area contributed by atoms with E-state index in [2.05, 4.69) is 15.2 Å². The summed E-state index contributed by atoms with van der Waals surface area (Å²) in [6.45, 7) is 0. The standard InChI is InChI=1S/C7H6N4O3S3/c1-17(14)6-3-8-4(15-6)2-5-9-10-7(16-5)11(12)13/h3H,2H2,1H3. The molecule has 2 rings (SSSR count). The Labute approximate surface area is 107 Å². The van der Waals surface area contributed by atoms with Crippen LogP contribution in [0.1, 0.15) is 10.0 Å². The maximum absolute atomic E-state index is 11.2. The first-order valence-electron chi connectivity index (χ1n) is 4.31. The summed E-state index contributed by atoms with van der Waals surface area (Å²) in [4.78, 5) is 13.9. The number of thiazole rings is 1. The third-order valence-electron chi connectivity index (χ3n) is 1.73. The van der Waals surface area contributed by atoms with Gasteiger partial charge in [-0.3, -0.25) is 0 Å². The first-order valence-corrected chi connectivity index (χ1v) is 7.50. The second kappa shape index (κ2) is 5.04. The third-order valence-corrected chi connectivity index (χ3v) is 5.02. The summed E-state index contributed by atoms with van der Waals surface area (Å²) in [5, 5.41) is 18.6. The second-order valence-electron chi connectivity index (χ2n) is 2.94. The molecule has 0 N–H and O–H groups in total. The topological polar surface area (TPSA) is 105 Å². The molecule has 1 atom stereocenters. The number of rotatable bonds is 4. The Morgan fingerprint density at radius 1 is 1.41 bits per heavy atom. The lowest BCUT2D eigenvalue weighted by Crippen LogP contribution is -1.92. The van der Waals surface area contributed by atoms with Crippen molar-refractivity contribution in [3.63, 3.8) is 0 Å². The molecule has 2 heterocycles. The van der Waals surface area contributed by atoms with Crippen LogP contribution >= 0.6 is 22.7 Å². The Bertz CT molecular complexity index is 538. The number of nitrogens with zero attached hydrogens (tertiary/aromatic N) is 4. The van der Waals surface area contributed by atoms with Crippen LogP contribution in [0.15, 0.2) is 10.4 Å². The zero-order chi connectivity index (χ0) is 12.4. The quantitative estimate of drug-likeness (QED) is 0.476. The molecule has 0 aliphatic carbocycles. The van der Waals surface area contributed by atoms with E-state index >= 15 is 0 Å². The van der Waals surface area contributed by atoms with Gasteiger partial charge in [0.15, 0.2) is 5.01 Å². The van der Waals surface area contributed by atoms with Gasteiger partial charge in [0.2, 0.25) is 4.21 Å². The minimum absolute atomic E-state index is 0.226. The predicted molar refractivity (Wildman–Crippen MR) is 63.8 cm³/mol. The van der Waals surface area contributed by atoms with Gasteiger partial charge >= 0.3 is 5.13 Å². The zero-order valence-corrected chi connectivity index (χ0v) is 11.0. The van der Waals surface area contributed by atoms with Crippen LogP contribution in [0, 0.1) is 10.1 Å². The fourth-order valence-electron chi connectivity index (χ4n) is 1.03. The Kier molecular flexibility index (Phi) is 3.66. The van der Waals surface area contributed by atoms with Crippen molar-refractivity contribution in [1.29, 1.82) is 0 Å². The number of hydrogen-bond donors (Lipinski definition) is 0. The van der Waals surface area contributed by atoms with Crippen LogP contribution in [0.3, 0.4) is 0 Å². The fraction of sp³-hybridized carbons (Fsp3) is 0.286. The number of nitro groups is 1. The summed E-state index contributed by atoms with van der Waals surface area (Å²) in [6, 6.07) is 0. The average Bonchev–Trinajstić information content (AvgIpc) is 2.87. The average molecular weight is 290 g/mol. The van der Waals surface area contributed by atoms with Crippen LogP contribution in [-0.2, 0) is 17.6 Å². The molecule has 0 fully saturated rings. The molecule has 1 unspecified atom stereocenters. The van der Waals surface area contributed by atoms with E-state index in [1.165, 1.54) is 11.3 Å². The molecule has 7 nitrogen and oxygen atoms in total. The molecule has 0 saturated carbocycles. The van der Waals surface area contributed by atoms with Gasteiger partial charge < -0.3 is 14.7 Å². The smallest absolute Gasteiger partial charge is 0.450 e. The van der Waals surface area contributed by atoms with E-state index in [9.17, 15) is 14.7 Å². The summed E-state index contributed by atoms with van der Waals surface area (Å²) >= 11 is 1.18. The van der Waals surface area contributed by atoms with E-state index in [1.54, 1.807) is 12.5 Å². The summed E-state index contributed by atoms with van der Waals surface area (Å²) in [7, 11) is 0. The molecule has 0 aliphatic heterocycles. The van der Waals surface area contributed by atoms with E-state index in [1.807, 2.05) is 0 Å². The van der Waals surface area contributed by atoms with Crippen molar-refractivity contribution < 1.29 is 9.48 Å². The predicted octanol–water partition coefficient (Wildman–Crippen LogP) is 1.23. The third kappa shape index (κ3) is 2.97. The Balaban J connectivity index is 2.11. The van der Waals surface area contributed by atoms with Gasteiger partial charge in [0.1, 0.15) is 11.3 Å². The van der Waals surface area contributed by atoms with Gasteiger partial charge in [-0.25, -0.2) is 4.98 Å². The lowest BCUT2D eigenvalue weighted by molar-refractivity contribution is -0.385. The van der Waals surface area contributed by atoms with Crippen LogP contribution in [-0.4, -0.2) is 30.9 Å². The van der Waals surface area contributed by atoms with Gasteiger partial charge in [-0.05, 0) is 32.5 Å². The SMILES string of the molecule is C[S+]([O-])c1cnc(Cc2nnc([N+](=O)[O-])s2)s1. The monoisotopic (exact) mass is 290 g/mol. The Morgan fingerprint density at radius 2 is 2.18 bits per heavy atom. The summed E-state index contributed by atoms with van der Waals surface area (Å²) < 4.78 is 11.9. The molecular formula is C7H6N4O3S3. The molecule has 17 heavy (non-hydrogen) atoms. The number of aromatic nitrogens is 3. The van der Waals surface area contributed by atoms with Crippen molar-refractivity contribution in [2.24, 2.45) is 0 Å². The molecule has 2 aromatic heterocycles. The van der Waals surface area contributed by atoms with Gasteiger partial charge in [-0.15, -0.1) is 0 Å². The molecule has 0 saturated heterocycles. The molecular weight excluding hydrogens is 284 g/mol. The van der Waals surface area contributed by atoms with Crippen LogP contribution in [0.25, 0.3) is 0 Å². The molecule has 0 aliphatic rings. The largest absolute Gasteiger partial charge is 0.611 e. The van der Waals surface area contributed by atoms with Crippen molar-refractivity contribution in [1.82, 2.24) is 15.2 Å². The lowest BCUT2D eigenvalue weighted by Gasteiger charge is -1.96. The molecule has 90 valence electrons. The second-order valence-corrected chi connectivity index (χ2v) is 6.70. The van der Waals surface area contributed by atoms with Crippen molar-refractivity contribution >= 4 is 39.0 Å². The van der Waals surface area contributed by atoms with Gasteiger partial charge in [-0.2, -0.15) is 0 Å². The molecule has 0 aromatic carbocycles. The van der Waals surface area contributed by atoms with Crippen molar-refractivity contribution in [3.05, 3.63) is 26.3 Å². The van der Waals surface area contributed by atoms with Gasteiger partial charge in [0.05, 0.1) is 17.7 Å². The highest BCUT2D eigenvalue weighted by Crippen LogP contribution is 2.24. The highest BCUT2D eigenvalue weighted by molar-refractivity contribution is 7.92. The molecule has 0 amide bonds. The van der Waals surface area contributed by atoms with Gasteiger partial charge in [-0.1, -0.05) is 11.3 Å². The summed E-state index contributed by atoms with van der Waals surface area (Å²) in [5.74, 6) is 0. The highest BCUT2D eigenvalue weighted by atomic mass is 32.2. The van der Waals surface area contributed by atoms with Crippen molar-refractivity contribution in [2.75, 3.05) is 6.26 Å². The van der Waals surface area contributed by atoms with Crippen LogP contribution in [0.4, 0.5) is 5.13 Å². The fourth-order valence-corrected chi connectivity index (χ4v) is 3.39. The van der Waals surface area contributed by atoms with E-state index in [0.29, 0.717) is 15.6 Å². The van der Waals surface area contributed by atoms with E-state index in [-0.39, 0.29) is 5.13 Å². The highest BCUT2D eigenvalue weighted by Gasteiger charge is 2.17. The maximum Gasteiger partial charge on any atom is 0.450 e. The van der Waals surface area contributed by atoms with E-state index < -0.39 is 16.1 Å². The van der Waals surface area contributed by atoms with E-state index in [4.69, 9.17) is 0 Å². The molecule has 2 aromatic rings.